The lowest BCUT2D eigenvalue weighted by atomic mass is 10.0. The molecule has 0 amide bonds. The number of ether oxygens (including phenoxy) is 1. The Bertz CT molecular complexity index is 1020. The average Bonchev–Trinajstić information content (AvgIpc) is 2.78. The monoisotopic (exact) mass is 437 g/mol. The second-order valence-corrected chi connectivity index (χ2v) is 7.40. The number of rotatable bonds is 10. The number of aliphatic carboxylic acids is 1. The molecule has 6 heteroatoms. The zero-order valence-corrected chi connectivity index (χ0v) is 17.6. The number of hydrogen-bond donors (Lipinski definition) is 3. The van der Waals surface area contributed by atoms with Gasteiger partial charge in [-0.25, -0.2) is 4.79 Å². The van der Waals surface area contributed by atoms with E-state index in [2.05, 4.69) is 5.32 Å². The maximum absolute atomic E-state index is 11.7. The molecule has 160 valence electrons. The molecule has 3 aromatic rings. The van der Waals surface area contributed by atoms with Gasteiger partial charge in [0.05, 0.1) is 5.57 Å². The van der Waals surface area contributed by atoms with E-state index in [4.69, 9.17) is 16.3 Å². The largest absolute Gasteiger partial charge is 0.491 e. The molecule has 1 unspecified atom stereocenters. The third kappa shape index (κ3) is 6.96. The summed E-state index contributed by atoms with van der Waals surface area (Å²) in [7, 11) is 0. The fourth-order valence-electron chi connectivity index (χ4n) is 2.99. The lowest BCUT2D eigenvalue weighted by molar-refractivity contribution is -0.130. The molecule has 0 aromatic heterocycles. The minimum atomic E-state index is -1.06. The standard InChI is InChI=1S/C25H24ClNO4/c26-24-9-5-4-8-22(24)23(25(29)30)14-18-10-12-21(13-11-18)31-17-20(28)16-27-15-19-6-2-1-3-7-19/h1-14,20,27-28H,15-17H2,(H,29,30). The van der Waals surface area contributed by atoms with Crippen LogP contribution in [0.15, 0.2) is 78.9 Å². The number of hydrogen-bond acceptors (Lipinski definition) is 4. The van der Waals surface area contributed by atoms with Crippen LogP contribution in [0.5, 0.6) is 5.75 Å². The highest BCUT2D eigenvalue weighted by Crippen LogP contribution is 2.26. The summed E-state index contributed by atoms with van der Waals surface area (Å²) in [5.74, 6) is -0.464. The maximum atomic E-state index is 11.7. The summed E-state index contributed by atoms with van der Waals surface area (Å²) in [5.41, 5.74) is 2.42. The predicted octanol–water partition coefficient (Wildman–Crippen LogP) is 4.49. The van der Waals surface area contributed by atoms with Crippen LogP contribution in [0.1, 0.15) is 16.7 Å². The molecule has 0 saturated heterocycles. The highest BCUT2D eigenvalue weighted by atomic mass is 35.5. The maximum Gasteiger partial charge on any atom is 0.336 e. The summed E-state index contributed by atoms with van der Waals surface area (Å²) in [5, 5.41) is 23.2. The minimum Gasteiger partial charge on any atom is -0.491 e. The second-order valence-electron chi connectivity index (χ2n) is 6.99. The predicted molar refractivity (Wildman–Crippen MR) is 123 cm³/mol. The van der Waals surface area contributed by atoms with Crippen LogP contribution in [0.2, 0.25) is 5.02 Å². The Hall–Kier alpha value is -3.12. The van der Waals surface area contributed by atoms with Gasteiger partial charge in [0.25, 0.3) is 0 Å². The van der Waals surface area contributed by atoms with Gasteiger partial charge in [0.1, 0.15) is 18.5 Å². The number of carbonyl (C=O) groups is 1. The summed E-state index contributed by atoms with van der Waals surface area (Å²) < 4.78 is 5.63. The fraction of sp³-hybridized carbons (Fsp3) is 0.160. The normalized spacial score (nSPS) is 12.4. The van der Waals surface area contributed by atoms with Crippen LogP contribution in [-0.2, 0) is 11.3 Å². The van der Waals surface area contributed by atoms with Crippen LogP contribution >= 0.6 is 11.6 Å². The topological polar surface area (TPSA) is 78.8 Å². The molecular weight excluding hydrogens is 414 g/mol. The van der Waals surface area contributed by atoms with Crippen molar-refractivity contribution in [2.45, 2.75) is 12.6 Å². The summed E-state index contributed by atoms with van der Waals surface area (Å²) in [4.78, 5) is 11.7. The smallest absolute Gasteiger partial charge is 0.336 e. The van der Waals surface area contributed by atoms with Crippen LogP contribution in [-0.4, -0.2) is 35.4 Å². The van der Waals surface area contributed by atoms with Crippen LogP contribution in [0.25, 0.3) is 11.6 Å². The molecule has 31 heavy (non-hydrogen) atoms. The Morgan fingerprint density at radius 1 is 1.00 bits per heavy atom. The van der Waals surface area contributed by atoms with Crippen molar-refractivity contribution < 1.29 is 19.7 Å². The van der Waals surface area contributed by atoms with Gasteiger partial charge < -0.3 is 20.3 Å². The molecule has 0 aliphatic rings. The van der Waals surface area contributed by atoms with E-state index in [0.717, 1.165) is 5.56 Å². The first-order valence-corrected chi connectivity index (χ1v) is 10.3. The van der Waals surface area contributed by atoms with E-state index in [1.807, 2.05) is 30.3 Å². The number of aliphatic hydroxyl groups excluding tert-OH is 1. The first-order chi connectivity index (χ1) is 15.0. The average molecular weight is 438 g/mol. The Balaban J connectivity index is 1.54. The van der Waals surface area contributed by atoms with Crippen LogP contribution in [0.3, 0.4) is 0 Å². The molecular formula is C25H24ClNO4. The zero-order chi connectivity index (χ0) is 22.1. The zero-order valence-electron chi connectivity index (χ0n) is 16.9. The molecule has 0 bridgehead atoms. The van der Waals surface area contributed by atoms with Gasteiger partial charge in [0.2, 0.25) is 0 Å². The summed E-state index contributed by atoms with van der Waals surface area (Å²) >= 11 is 6.14. The SMILES string of the molecule is O=C(O)C(=Cc1ccc(OCC(O)CNCc2ccccc2)cc1)c1ccccc1Cl. The van der Waals surface area contributed by atoms with Crippen molar-refractivity contribution in [2.75, 3.05) is 13.2 Å². The first kappa shape index (κ1) is 22.6. The van der Waals surface area contributed by atoms with E-state index in [-0.39, 0.29) is 12.2 Å². The minimum absolute atomic E-state index is 0.110. The molecule has 3 N–H and O–H groups in total. The quantitative estimate of drug-likeness (QED) is 0.321. The number of halogens is 1. The van der Waals surface area contributed by atoms with Crippen molar-refractivity contribution in [1.29, 1.82) is 0 Å². The van der Waals surface area contributed by atoms with E-state index < -0.39 is 12.1 Å². The van der Waals surface area contributed by atoms with E-state index in [0.29, 0.717) is 35.0 Å². The number of aliphatic hydroxyl groups is 1. The van der Waals surface area contributed by atoms with Gasteiger partial charge in [-0.3, -0.25) is 0 Å². The van der Waals surface area contributed by atoms with Crippen molar-refractivity contribution >= 4 is 29.2 Å². The van der Waals surface area contributed by atoms with Gasteiger partial charge >= 0.3 is 5.97 Å². The molecule has 0 heterocycles. The van der Waals surface area contributed by atoms with Crippen molar-refractivity contribution in [2.24, 2.45) is 0 Å². The highest BCUT2D eigenvalue weighted by molar-refractivity contribution is 6.35. The molecule has 0 spiro atoms. The summed E-state index contributed by atoms with van der Waals surface area (Å²) in [6.07, 6.45) is 0.914. The number of benzene rings is 3. The third-order valence-electron chi connectivity index (χ3n) is 4.58. The molecule has 3 aromatic carbocycles. The number of carboxylic acid groups (broad SMARTS) is 1. The van der Waals surface area contributed by atoms with Gasteiger partial charge in [-0.2, -0.15) is 0 Å². The van der Waals surface area contributed by atoms with Gasteiger partial charge in [-0.05, 0) is 35.4 Å². The van der Waals surface area contributed by atoms with Gasteiger partial charge in [-0.1, -0.05) is 72.3 Å². The fourth-order valence-corrected chi connectivity index (χ4v) is 3.23. The van der Waals surface area contributed by atoms with Crippen molar-refractivity contribution in [3.63, 3.8) is 0 Å². The highest BCUT2D eigenvalue weighted by Gasteiger charge is 2.13. The van der Waals surface area contributed by atoms with E-state index in [9.17, 15) is 15.0 Å². The molecule has 1 atom stereocenters. The van der Waals surface area contributed by atoms with Gasteiger partial charge in [-0.15, -0.1) is 0 Å². The molecule has 0 saturated carbocycles. The molecule has 0 aliphatic carbocycles. The van der Waals surface area contributed by atoms with Crippen LogP contribution < -0.4 is 10.1 Å². The molecule has 0 fully saturated rings. The Kier molecular flexibility index (Phi) is 8.24. The van der Waals surface area contributed by atoms with Crippen molar-refractivity contribution in [3.8, 4) is 5.75 Å². The Morgan fingerprint density at radius 3 is 2.35 bits per heavy atom. The van der Waals surface area contributed by atoms with Crippen LogP contribution in [0.4, 0.5) is 0 Å². The number of carboxylic acids is 1. The third-order valence-corrected chi connectivity index (χ3v) is 4.91. The Morgan fingerprint density at radius 2 is 1.68 bits per heavy atom. The van der Waals surface area contributed by atoms with Gasteiger partial charge in [0, 0.05) is 23.7 Å². The summed E-state index contributed by atoms with van der Waals surface area (Å²) in [6.45, 7) is 1.24. The van der Waals surface area contributed by atoms with Crippen LogP contribution in [0, 0.1) is 0 Å². The lowest BCUT2D eigenvalue weighted by Crippen LogP contribution is -2.31. The first-order valence-electron chi connectivity index (χ1n) is 9.88. The second kappa shape index (κ2) is 11.3. The van der Waals surface area contributed by atoms with E-state index >= 15 is 0 Å². The van der Waals surface area contributed by atoms with Crippen molar-refractivity contribution in [1.82, 2.24) is 5.32 Å². The molecule has 0 aliphatic heterocycles. The van der Waals surface area contributed by atoms with E-state index in [1.165, 1.54) is 0 Å². The molecule has 3 rings (SSSR count). The number of nitrogens with one attached hydrogen (secondary N) is 1. The molecule has 5 nitrogen and oxygen atoms in total. The summed E-state index contributed by atoms with van der Waals surface area (Å²) in [6, 6.07) is 23.8. The Labute approximate surface area is 186 Å². The lowest BCUT2D eigenvalue weighted by Gasteiger charge is -2.13. The molecule has 0 radical (unpaired) electrons. The van der Waals surface area contributed by atoms with E-state index in [1.54, 1.807) is 54.6 Å². The van der Waals surface area contributed by atoms with Gasteiger partial charge in [0.15, 0.2) is 0 Å². The van der Waals surface area contributed by atoms with Crippen molar-refractivity contribution in [3.05, 3.63) is 101 Å².